The van der Waals surface area contributed by atoms with Crippen molar-refractivity contribution in [2.45, 2.75) is 0 Å². The van der Waals surface area contributed by atoms with Crippen LogP contribution in [0.1, 0.15) is 2.85 Å². The molecule has 0 heterocycles. The van der Waals surface area contributed by atoms with Crippen LogP contribution in [0.2, 0.25) is 0 Å². The van der Waals surface area contributed by atoms with Crippen LogP contribution in [0.15, 0.2) is 0 Å². The van der Waals surface area contributed by atoms with Gasteiger partial charge in [-0.3, -0.25) is 8.92 Å². The second-order valence-electron chi connectivity index (χ2n) is 0.565. The Morgan fingerprint density at radius 1 is 0.900 bits per heavy atom. The summed E-state index contributed by atoms with van der Waals surface area (Å²) in [5, 5.41) is 0. The quantitative estimate of drug-likeness (QED) is 0.281. The van der Waals surface area contributed by atoms with Crippen LogP contribution in [-0.2, 0) is 8.92 Å². The summed E-state index contributed by atoms with van der Waals surface area (Å²) in [7, 11) is -6.26. The van der Waals surface area contributed by atoms with Crippen molar-refractivity contribution in [1.29, 1.82) is 0 Å². The molecule has 0 unspecified atom stereocenters. The van der Waals surface area contributed by atoms with E-state index in [1.807, 2.05) is 0 Å². The molecule has 0 spiro atoms. The molecule has 0 aromatic rings. The van der Waals surface area contributed by atoms with Gasteiger partial charge in [-0.25, -0.2) is 0 Å². The smallest absolute Gasteiger partial charge is 1.00 e. The van der Waals surface area contributed by atoms with E-state index in [-0.39, 0.29) is 51.3 Å². The summed E-state index contributed by atoms with van der Waals surface area (Å²) in [4.78, 5) is 28.6. The van der Waals surface area contributed by atoms with Gasteiger partial charge in [-0.05, 0) is 0 Å². The molecule has 10 heteroatoms. The zero-order chi connectivity index (χ0) is 7.15. The molecule has 52 valence electrons. The van der Waals surface area contributed by atoms with E-state index in [0.29, 0.717) is 0 Å². The predicted molar refractivity (Wildman–Crippen MR) is 24.0 cm³/mol. The molecule has 0 aliphatic rings. The third-order valence-electron chi connectivity index (χ3n) is 0. The Bertz CT molecular complexity index is 81.5. The molecule has 0 aromatic carbocycles. The fraction of sp³-hybridized carbons (Fsp3) is 0. The predicted octanol–water partition coefficient (Wildman–Crippen LogP) is -8.99. The second-order valence-corrected chi connectivity index (χ2v) is 1.70. The van der Waals surface area contributed by atoms with Crippen LogP contribution in [0.4, 0.5) is 0 Å². The molecular weight excluding hydrogens is 182 g/mol. The summed E-state index contributed by atoms with van der Waals surface area (Å²) in [5.41, 5.74) is 0. The molecule has 0 amide bonds. The molecule has 0 saturated carbocycles. The summed E-state index contributed by atoms with van der Waals surface area (Å²) in [6.07, 6.45) is 0. The van der Waals surface area contributed by atoms with Crippen LogP contribution in [-0.4, -0.2) is 37.5 Å². The minimum Gasteiger partial charge on any atom is -1.00 e. The Balaban J connectivity index is -0.0000000112. The minimum atomic E-state index is -3.13. The average Bonchev–Trinajstić information content (AvgIpc) is 1.25. The summed E-state index contributed by atoms with van der Waals surface area (Å²) in [6, 6.07) is 0. The van der Waals surface area contributed by atoms with E-state index in [1.54, 1.807) is 0 Å². The molecule has 4 N–H and O–H groups in total. The fourth-order valence-corrected chi connectivity index (χ4v) is 0. The van der Waals surface area contributed by atoms with Crippen molar-refractivity contribution in [2.75, 3.05) is 0 Å². The Hall–Kier alpha value is 0.831. The molecule has 0 fully saturated rings. The molecular formula is H6LiNaO6Si2. The molecule has 6 nitrogen and oxygen atoms in total. The monoisotopic (exact) mass is 188 g/mol. The summed E-state index contributed by atoms with van der Waals surface area (Å²) < 4.78 is 17.5. The van der Waals surface area contributed by atoms with Gasteiger partial charge in [0, 0.05) is 0 Å². The van der Waals surface area contributed by atoms with Crippen molar-refractivity contribution in [1.82, 2.24) is 0 Å². The zero-order valence-corrected chi connectivity index (χ0v) is 9.61. The maximum Gasteiger partial charge on any atom is 1.00 e. The van der Waals surface area contributed by atoms with Crippen molar-refractivity contribution in [3.05, 3.63) is 0 Å². The van der Waals surface area contributed by atoms with Crippen molar-refractivity contribution < 1.29 is 79.4 Å². The molecule has 0 atom stereocenters. The normalized spacial score (nSPS) is 4.80. The van der Waals surface area contributed by atoms with Gasteiger partial charge in [0.25, 0.3) is 0 Å². The maximum atomic E-state index is 8.74. The summed E-state index contributed by atoms with van der Waals surface area (Å²) in [6.45, 7) is 0. The van der Waals surface area contributed by atoms with Gasteiger partial charge in [-0.15, -0.1) is 0 Å². The largest absolute Gasteiger partial charge is 1.00 e. The van der Waals surface area contributed by atoms with Gasteiger partial charge in [0.05, 0.1) is 0 Å². The molecule has 0 saturated heterocycles. The van der Waals surface area contributed by atoms with E-state index in [2.05, 4.69) is 0 Å². The first kappa shape index (κ1) is 22.4. The van der Waals surface area contributed by atoms with Crippen LogP contribution in [0.5, 0.6) is 0 Å². The van der Waals surface area contributed by atoms with Gasteiger partial charge in [0.15, 0.2) is 0 Å². The molecule has 0 aromatic heterocycles. The molecule has 0 bridgehead atoms. The van der Waals surface area contributed by atoms with Crippen LogP contribution in [0.3, 0.4) is 0 Å². The SMILES string of the molecule is O=[Si](O)O.O=[Si](O)O.[H-].[H-].[Li+].[Na+]. The van der Waals surface area contributed by atoms with E-state index < -0.39 is 18.3 Å². The summed E-state index contributed by atoms with van der Waals surface area (Å²) in [5.74, 6) is 0. The van der Waals surface area contributed by atoms with E-state index in [1.165, 1.54) is 0 Å². The standard InChI is InChI=1S/Li.Na.2H2O3Si.2H/c;;2*1-4(2)3;;/h;;2*1-2H;;/q2*+1;;;2*-1. The van der Waals surface area contributed by atoms with E-state index in [0.717, 1.165) is 0 Å². The van der Waals surface area contributed by atoms with Crippen molar-refractivity contribution in [2.24, 2.45) is 0 Å². The molecule has 0 aliphatic heterocycles. The van der Waals surface area contributed by atoms with Gasteiger partial charge in [-0.1, -0.05) is 0 Å². The topological polar surface area (TPSA) is 115 Å². The summed E-state index contributed by atoms with van der Waals surface area (Å²) >= 11 is 0. The number of hydrogen-bond acceptors (Lipinski definition) is 2. The van der Waals surface area contributed by atoms with Gasteiger partial charge in [0.2, 0.25) is 0 Å². The van der Waals surface area contributed by atoms with Crippen molar-refractivity contribution in [3.8, 4) is 0 Å². The second kappa shape index (κ2) is 16.4. The molecule has 0 rings (SSSR count). The van der Waals surface area contributed by atoms with Crippen LogP contribution in [0.25, 0.3) is 0 Å². The first-order chi connectivity index (χ1) is 3.46. The number of hydrogen-bond donors (Lipinski definition) is 4. The van der Waals surface area contributed by atoms with Crippen LogP contribution >= 0.6 is 0 Å². The Labute approximate surface area is 97.1 Å². The molecule has 0 aliphatic carbocycles. The Morgan fingerprint density at radius 3 is 0.900 bits per heavy atom. The maximum absolute atomic E-state index is 8.74. The first-order valence-electron chi connectivity index (χ1n) is 1.30. The van der Waals surface area contributed by atoms with Crippen molar-refractivity contribution >= 4 is 18.3 Å². The van der Waals surface area contributed by atoms with E-state index in [4.69, 9.17) is 28.1 Å². The molecule has 10 heavy (non-hydrogen) atoms. The fourth-order valence-electron chi connectivity index (χ4n) is 0. The Kier molecular flexibility index (Phi) is 36.9. The first-order valence-corrected chi connectivity index (χ1v) is 3.91. The van der Waals surface area contributed by atoms with E-state index in [9.17, 15) is 0 Å². The van der Waals surface area contributed by atoms with Gasteiger partial charge in [-0.2, -0.15) is 0 Å². The Morgan fingerprint density at radius 2 is 0.900 bits per heavy atom. The van der Waals surface area contributed by atoms with Crippen LogP contribution in [0, 0.1) is 0 Å². The van der Waals surface area contributed by atoms with Gasteiger partial charge >= 0.3 is 66.8 Å². The zero-order valence-electron chi connectivity index (χ0n) is 7.61. The minimum absolute atomic E-state index is 0. The van der Waals surface area contributed by atoms with Gasteiger partial charge < -0.3 is 22.0 Å². The number of rotatable bonds is 0. The van der Waals surface area contributed by atoms with Crippen LogP contribution < -0.4 is 48.4 Å². The van der Waals surface area contributed by atoms with Crippen molar-refractivity contribution in [3.63, 3.8) is 0 Å². The van der Waals surface area contributed by atoms with E-state index >= 15 is 0 Å². The van der Waals surface area contributed by atoms with Gasteiger partial charge in [0.1, 0.15) is 0 Å². The third-order valence-corrected chi connectivity index (χ3v) is 0. The average molecular weight is 188 g/mol. The third kappa shape index (κ3) is 784. The molecule has 0 radical (unpaired) electrons.